The number of nitrogens with zero attached hydrogens (tertiary/aromatic N) is 3. The fourth-order valence-corrected chi connectivity index (χ4v) is 5.07. The summed E-state index contributed by atoms with van der Waals surface area (Å²) in [6.07, 6.45) is 0.366. The summed E-state index contributed by atoms with van der Waals surface area (Å²) in [7, 11) is 1.61. The second-order valence-electron chi connectivity index (χ2n) is 6.93. The number of methoxy groups -OCH3 is 1. The lowest BCUT2D eigenvalue weighted by Crippen LogP contribution is -2.24. The molecule has 0 saturated carbocycles. The zero-order valence-corrected chi connectivity index (χ0v) is 18.8. The third-order valence-corrected chi connectivity index (χ3v) is 6.91. The third-order valence-electron chi connectivity index (χ3n) is 4.95. The fraction of sp³-hybridized carbons (Fsp3) is 0.273. The van der Waals surface area contributed by atoms with E-state index < -0.39 is 0 Å². The molecule has 1 aliphatic heterocycles. The molecule has 2 amide bonds. The van der Waals surface area contributed by atoms with Crippen molar-refractivity contribution in [2.75, 3.05) is 29.6 Å². The van der Waals surface area contributed by atoms with Crippen LogP contribution in [0.2, 0.25) is 0 Å². The molecule has 1 aliphatic rings. The van der Waals surface area contributed by atoms with Crippen molar-refractivity contribution in [1.29, 1.82) is 0 Å². The van der Waals surface area contributed by atoms with E-state index in [1.54, 1.807) is 29.8 Å². The summed E-state index contributed by atoms with van der Waals surface area (Å²) in [6, 6.07) is 14.9. The Bertz CT molecular complexity index is 1080. The smallest absolute Gasteiger partial charge is 0.258 e. The summed E-state index contributed by atoms with van der Waals surface area (Å²) >= 11 is 2.94. The van der Waals surface area contributed by atoms with Gasteiger partial charge in [0.2, 0.25) is 11.0 Å². The summed E-state index contributed by atoms with van der Waals surface area (Å²) in [6.45, 7) is 2.58. The molecule has 1 saturated heterocycles. The first kappa shape index (κ1) is 21.3. The second kappa shape index (κ2) is 9.49. The topological polar surface area (TPSA) is 84.4 Å². The minimum absolute atomic E-state index is 0.0430. The number of hydrogen-bond donors (Lipinski definition) is 1. The van der Waals surface area contributed by atoms with Gasteiger partial charge in [0.15, 0.2) is 0 Å². The van der Waals surface area contributed by atoms with Gasteiger partial charge in [-0.1, -0.05) is 30.4 Å². The van der Waals surface area contributed by atoms with Crippen LogP contribution in [0, 0.1) is 0 Å². The summed E-state index contributed by atoms with van der Waals surface area (Å²) in [4.78, 5) is 28.0. The Labute approximate surface area is 188 Å². The van der Waals surface area contributed by atoms with E-state index in [-0.39, 0.29) is 17.7 Å². The van der Waals surface area contributed by atoms with E-state index in [1.807, 2.05) is 42.5 Å². The summed E-state index contributed by atoms with van der Waals surface area (Å²) in [5, 5.41) is 12.4. The molecule has 2 aromatic carbocycles. The van der Waals surface area contributed by atoms with Crippen LogP contribution in [0.3, 0.4) is 0 Å². The van der Waals surface area contributed by atoms with E-state index >= 15 is 0 Å². The van der Waals surface area contributed by atoms with E-state index in [4.69, 9.17) is 4.74 Å². The summed E-state index contributed by atoms with van der Waals surface area (Å²) < 4.78 is 5.18. The van der Waals surface area contributed by atoms with Crippen LogP contribution in [-0.4, -0.2) is 41.4 Å². The highest BCUT2D eigenvalue weighted by molar-refractivity contribution is 7.99. The fourth-order valence-electron chi connectivity index (χ4n) is 3.43. The second-order valence-corrected chi connectivity index (χ2v) is 9.25. The third kappa shape index (κ3) is 4.72. The number of hydrogen-bond acceptors (Lipinski definition) is 7. The average Bonchev–Trinajstić information content (AvgIpc) is 3.41. The lowest BCUT2D eigenvalue weighted by atomic mass is 10.1. The van der Waals surface area contributed by atoms with Gasteiger partial charge in [0.1, 0.15) is 10.8 Å². The number of carbonyl (C=O) groups is 2. The number of carbonyl (C=O) groups excluding carboxylic acids is 2. The molecule has 7 nitrogen and oxygen atoms in total. The number of aromatic nitrogens is 2. The molecule has 31 heavy (non-hydrogen) atoms. The minimum atomic E-state index is -0.207. The van der Waals surface area contributed by atoms with Crippen LogP contribution in [0.5, 0.6) is 5.75 Å². The van der Waals surface area contributed by atoms with Gasteiger partial charge in [0.25, 0.3) is 5.91 Å². The zero-order chi connectivity index (χ0) is 21.8. The number of amides is 2. The number of ether oxygens (including phenoxy) is 1. The van der Waals surface area contributed by atoms with Gasteiger partial charge in [-0.05, 0) is 42.2 Å². The molecule has 1 unspecified atom stereocenters. The standard InChI is InChI=1S/C22H22N4O3S2/c1-3-30-18-7-5-4-6-17(18)20(28)23-22-25-24-21(31-22)14-12-19(27)26(13-14)15-8-10-16(29-2)11-9-15/h4-11,14H,3,12-13H2,1-2H3,(H,23,25,28). The maximum absolute atomic E-state index is 12.7. The van der Waals surface area contributed by atoms with Crippen LogP contribution in [0.15, 0.2) is 53.4 Å². The molecule has 4 rings (SSSR count). The quantitative estimate of drug-likeness (QED) is 0.532. The van der Waals surface area contributed by atoms with Gasteiger partial charge in [-0.15, -0.1) is 22.0 Å². The monoisotopic (exact) mass is 454 g/mol. The Morgan fingerprint density at radius 3 is 2.74 bits per heavy atom. The molecule has 1 N–H and O–H groups in total. The number of thioether (sulfide) groups is 1. The zero-order valence-electron chi connectivity index (χ0n) is 17.2. The van der Waals surface area contributed by atoms with E-state index in [9.17, 15) is 9.59 Å². The molecule has 2 heterocycles. The van der Waals surface area contributed by atoms with Gasteiger partial charge in [0.05, 0.1) is 12.7 Å². The molecule has 0 radical (unpaired) electrons. The molecule has 9 heteroatoms. The van der Waals surface area contributed by atoms with Gasteiger partial charge in [-0.3, -0.25) is 14.9 Å². The molecule has 1 atom stereocenters. The van der Waals surface area contributed by atoms with Crippen LogP contribution >= 0.6 is 23.1 Å². The van der Waals surface area contributed by atoms with Crippen LogP contribution < -0.4 is 15.0 Å². The Balaban J connectivity index is 1.44. The summed E-state index contributed by atoms with van der Waals surface area (Å²) in [5.41, 5.74) is 1.45. The summed E-state index contributed by atoms with van der Waals surface area (Å²) in [5.74, 6) is 1.41. The first-order valence-corrected chi connectivity index (χ1v) is 11.7. The van der Waals surface area contributed by atoms with Crippen LogP contribution in [-0.2, 0) is 4.79 Å². The van der Waals surface area contributed by atoms with Crippen molar-refractivity contribution >= 4 is 45.7 Å². The normalized spacial score (nSPS) is 15.9. The van der Waals surface area contributed by atoms with E-state index in [0.717, 1.165) is 27.1 Å². The number of anilines is 2. The van der Waals surface area contributed by atoms with Crippen molar-refractivity contribution in [1.82, 2.24) is 10.2 Å². The number of rotatable bonds is 7. The van der Waals surface area contributed by atoms with Crippen molar-refractivity contribution in [3.63, 3.8) is 0 Å². The van der Waals surface area contributed by atoms with Crippen molar-refractivity contribution in [3.05, 3.63) is 59.1 Å². The molecule has 1 aromatic heterocycles. The molecule has 1 fully saturated rings. The van der Waals surface area contributed by atoms with Gasteiger partial charge < -0.3 is 9.64 Å². The lowest BCUT2D eigenvalue weighted by molar-refractivity contribution is -0.117. The predicted octanol–water partition coefficient (Wildman–Crippen LogP) is 4.43. The van der Waals surface area contributed by atoms with Crippen molar-refractivity contribution in [2.24, 2.45) is 0 Å². The van der Waals surface area contributed by atoms with E-state index in [1.165, 1.54) is 11.3 Å². The average molecular weight is 455 g/mol. The molecule has 3 aromatic rings. The molecule has 160 valence electrons. The van der Waals surface area contributed by atoms with Gasteiger partial charge in [0, 0.05) is 29.5 Å². The Hall–Kier alpha value is -2.91. The highest BCUT2D eigenvalue weighted by atomic mass is 32.2. The molecule has 0 spiro atoms. The van der Waals surface area contributed by atoms with Crippen LogP contribution in [0.1, 0.15) is 34.6 Å². The molecular formula is C22H22N4O3S2. The van der Waals surface area contributed by atoms with Crippen LogP contribution in [0.25, 0.3) is 0 Å². The first-order valence-electron chi connectivity index (χ1n) is 9.90. The van der Waals surface area contributed by atoms with Crippen molar-refractivity contribution in [3.8, 4) is 5.75 Å². The largest absolute Gasteiger partial charge is 0.497 e. The maximum atomic E-state index is 12.7. The first-order chi connectivity index (χ1) is 15.1. The minimum Gasteiger partial charge on any atom is -0.497 e. The molecule has 0 bridgehead atoms. The maximum Gasteiger partial charge on any atom is 0.258 e. The SMILES string of the molecule is CCSc1ccccc1C(=O)Nc1nnc(C2CC(=O)N(c3ccc(OC)cc3)C2)s1. The van der Waals surface area contributed by atoms with Crippen LogP contribution in [0.4, 0.5) is 10.8 Å². The highest BCUT2D eigenvalue weighted by Crippen LogP contribution is 2.35. The van der Waals surface area contributed by atoms with Gasteiger partial charge in [-0.2, -0.15) is 0 Å². The van der Waals surface area contributed by atoms with E-state index in [2.05, 4.69) is 22.4 Å². The molecular weight excluding hydrogens is 432 g/mol. The lowest BCUT2D eigenvalue weighted by Gasteiger charge is -2.16. The van der Waals surface area contributed by atoms with Gasteiger partial charge >= 0.3 is 0 Å². The van der Waals surface area contributed by atoms with Gasteiger partial charge in [-0.25, -0.2) is 0 Å². The van der Waals surface area contributed by atoms with Crippen molar-refractivity contribution < 1.29 is 14.3 Å². The Morgan fingerprint density at radius 1 is 1.23 bits per heavy atom. The highest BCUT2D eigenvalue weighted by Gasteiger charge is 2.34. The number of nitrogens with one attached hydrogen (secondary N) is 1. The van der Waals surface area contributed by atoms with Crippen molar-refractivity contribution in [2.45, 2.75) is 24.2 Å². The number of benzene rings is 2. The molecule has 0 aliphatic carbocycles. The predicted molar refractivity (Wildman–Crippen MR) is 123 cm³/mol. The van der Waals surface area contributed by atoms with E-state index in [0.29, 0.717) is 23.7 Å². The Kier molecular flexibility index (Phi) is 6.53. The Morgan fingerprint density at radius 2 is 2.00 bits per heavy atom.